The van der Waals surface area contributed by atoms with Crippen molar-refractivity contribution in [2.24, 2.45) is 0 Å². The number of fused-ring (bicyclic) bond motifs is 8. The molecule has 1 aliphatic carbocycles. The summed E-state index contributed by atoms with van der Waals surface area (Å²) in [6, 6.07) is 26.7. The third kappa shape index (κ3) is 12.6. The molecule has 0 aromatic heterocycles. The average Bonchev–Trinajstić information content (AvgIpc) is 3.25. The number of phenols is 1. The lowest BCUT2D eigenvalue weighted by Gasteiger charge is -2.26. The van der Waals surface area contributed by atoms with E-state index in [2.05, 4.69) is 121 Å². The molecule has 0 fully saturated rings. The highest BCUT2D eigenvalue weighted by Crippen LogP contribution is 2.42. The Kier molecular flexibility index (Phi) is 17.9. The molecule has 6 rings (SSSR count). The first-order valence-electron chi connectivity index (χ1n) is 24.3. The summed E-state index contributed by atoms with van der Waals surface area (Å²) in [6.45, 7) is 23.1. The van der Waals surface area contributed by atoms with Crippen LogP contribution in [0, 0.1) is 13.8 Å². The van der Waals surface area contributed by atoms with Crippen molar-refractivity contribution < 1.29 is 24.1 Å². The molecule has 0 spiro atoms. The number of aromatic hydroxyl groups is 1. The largest absolute Gasteiger partial charge is 0.508 e. The maximum atomic E-state index is 11.5. The number of hydrogen-bond acceptors (Lipinski definition) is 6. The highest BCUT2D eigenvalue weighted by atomic mass is 16.5. The Labute approximate surface area is 380 Å². The summed E-state index contributed by atoms with van der Waals surface area (Å²) >= 11 is 0. The third-order valence-electron chi connectivity index (χ3n) is 11.9. The zero-order valence-electron chi connectivity index (χ0n) is 39.9. The summed E-state index contributed by atoms with van der Waals surface area (Å²) in [5.74, 6) is 3.85. The molecule has 6 nitrogen and oxygen atoms in total. The van der Waals surface area contributed by atoms with Crippen molar-refractivity contribution in [3.8, 4) is 39.9 Å². The van der Waals surface area contributed by atoms with E-state index in [9.17, 15) is 5.11 Å². The van der Waals surface area contributed by atoms with Gasteiger partial charge in [-0.2, -0.15) is 0 Å². The van der Waals surface area contributed by atoms with Crippen LogP contribution in [0.3, 0.4) is 0 Å². The van der Waals surface area contributed by atoms with Crippen LogP contribution in [0.25, 0.3) is 11.1 Å². The zero-order chi connectivity index (χ0) is 44.7. The van der Waals surface area contributed by atoms with E-state index < -0.39 is 0 Å². The molecule has 0 unspecified atom stereocenters. The van der Waals surface area contributed by atoms with Gasteiger partial charge < -0.3 is 24.1 Å². The Morgan fingerprint density at radius 2 is 0.810 bits per heavy atom. The van der Waals surface area contributed by atoms with Gasteiger partial charge in [-0.25, -0.2) is 0 Å². The van der Waals surface area contributed by atoms with Gasteiger partial charge in [0, 0.05) is 43.4 Å². The van der Waals surface area contributed by atoms with E-state index in [0.717, 1.165) is 107 Å². The molecule has 0 radical (unpaired) electrons. The van der Waals surface area contributed by atoms with E-state index >= 15 is 0 Å². The minimum atomic E-state index is 0.228. The van der Waals surface area contributed by atoms with Crippen molar-refractivity contribution in [3.05, 3.63) is 134 Å². The molecule has 0 aliphatic heterocycles. The molecule has 5 aromatic rings. The molecule has 6 heteroatoms. The van der Waals surface area contributed by atoms with Gasteiger partial charge in [0.15, 0.2) is 0 Å². The third-order valence-corrected chi connectivity index (χ3v) is 11.9. The zero-order valence-corrected chi connectivity index (χ0v) is 39.9. The fraction of sp³-hybridized carbons (Fsp3) is 0.474. The molecular formula is C57H75NO5. The van der Waals surface area contributed by atoms with Crippen molar-refractivity contribution in [3.63, 3.8) is 0 Å². The molecule has 0 heterocycles. The smallest absolute Gasteiger partial charge is 0.126 e. The molecule has 8 bridgehead atoms. The predicted octanol–water partition coefficient (Wildman–Crippen LogP) is 13.9. The Morgan fingerprint density at radius 3 is 1.22 bits per heavy atom. The number of para-hydroxylation sites is 1. The van der Waals surface area contributed by atoms with Crippen LogP contribution < -0.4 is 18.9 Å². The summed E-state index contributed by atoms with van der Waals surface area (Å²) in [7, 11) is 0. The maximum Gasteiger partial charge on any atom is 0.126 e. The maximum absolute atomic E-state index is 11.5. The van der Waals surface area contributed by atoms with Gasteiger partial charge in [-0.3, -0.25) is 4.90 Å². The van der Waals surface area contributed by atoms with Crippen LogP contribution in [-0.4, -0.2) is 49.5 Å². The minimum absolute atomic E-state index is 0.228. The molecule has 0 atom stereocenters. The summed E-state index contributed by atoms with van der Waals surface area (Å²) in [5, 5.41) is 11.5. The average molecular weight is 854 g/mol. The molecule has 63 heavy (non-hydrogen) atoms. The van der Waals surface area contributed by atoms with Crippen LogP contribution in [0.5, 0.6) is 28.7 Å². The summed E-state index contributed by atoms with van der Waals surface area (Å²) in [4.78, 5) is 2.65. The van der Waals surface area contributed by atoms with Gasteiger partial charge in [-0.1, -0.05) is 114 Å². The van der Waals surface area contributed by atoms with Gasteiger partial charge in [-0.05, 0) is 140 Å². The number of benzene rings is 5. The van der Waals surface area contributed by atoms with E-state index in [1.807, 2.05) is 12.1 Å². The number of rotatable bonds is 21. The van der Waals surface area contributed by atoms with Crippen LogP contribution in [0.2, 0.25) is 0 Å². The fourth-order valence-electron chi connectivity index (χ4n) is 9.09. The lowest BCUT2D eigenvalue weighted by atomic mass is 9.88. The highest BCUT2D eigenvalue weighted by Gasteiger charge is 2.25. The van der Waals surface area contributed by atoms with Gasteiger partial charge in [0.25, 0.3) is 0 Å². The second-order valence-corrected chi connectivity index (χ2v) is 17.8. The Bertz CT molecular complexity index is 2230. The number of hydrogen-bond donors (Lipinski definition) is 1. The lowest BCUT2D eigenvalue weighted by Crippen LogP contribution is -2.25. The van der Waals surface area contributed by atoms with E-state index in [-0.39, 0.29) is 5.75 Å². The fourth-order valence-corrected chi connectivity index (χ4v) is 9.09. The van der Waals surface area contributed by atoms with Gasteiger partial charge in [-0.15, -0.1) is 0 Å². The highest BCUT2D eigenvalue weighted by molar-refractivity contribution is 5.70. The first-order valence-corrected chi connectivity index (χ1v) is 24.3. The topological polar surface area (TPSA) is 60.4 Å². The van der Waals surface area contributed by atoms with E-state index in [4.69, 9.17) is 18.9 Å². The Balaban J connectivity index is 1.69. The molecule has 1 N–H and O–H groups in total. The number of aryl methyl sites for hydroxylation is 2. The van der Waals surface area contributed by atoms with Crippen molar-refractivity contribution in [1.29, 1.82) is 0 Å². The van der Waals surface area contributed by atoms with Gasteiger partial charge in [0.1, 0.15) is 28.7 Å². The predicted molar refractivity (Wildman–Crippen MR) is 262 cm³/mol. The van der Waals surface area contributed by atoms with Crippen molar-refractivity contribution in [2.75, 3.05) is 39.5 Å². The standard InChI is InChI=1S/C57H75NO5/c1-9-15-20-58(21-16-10-2)39-42-29-47-31-43-18-17-19-44(54(43)60-22-11-3)32-51-37-53(59)38-52(57(51)63-25-14-6)36-50-34-46(45-27-40(7)26-41(8)28-45)33-49(56(50)62-24-13-5)35-48(30-42)55(47)61-23-12-4/h17-19,26-30,33-34,37-38,59H,9-16,20-25,31-32,35-36,39H2,1-8H3. The summed E-state index contributed by atoms with van der Waals surface area (Å²) in [6.07, 6.45) is 10.7. The van der Waals surface area contributed by atoms with Crippen molar-refractivity contribution >= 4 is 0 Å². The number of nitrogens with zero attached hydrogens (tertiary/aromatic N) is 1. The molecule has 0 saturated carbocycles. The molecule has 338 valence electrons. The Hall–Kier alpha value is -4.94. The minimum Gasteiger partial charge on any atom is -0.508 e. The second-order valence-electron chi connectivity index (χ2n) is 17.8. The van der Waals surface area contributed by atoms with E-state index in [1.165, 1.54) is 59.1 Å². The second kappa shape index (κ2) is 23.7. The van der Waals surface area contributed by atoms with E-state index in [1.54, 1.807) is 0 Å². The van der Waals surface area contributed by atoms with Crippen LogP contribution in [-0.2, 0) is 32.2 Å². The number of ether oxygens (including phenoxy) is 4. The van der Waals surface area contributed by atoms with Crippen LogP contribution in [0.4, 0.5) is 0 Å². The van der Waals surface area contributed by atoms with E-state index in [0.29, 0.717) is 52.1 Å². The van der Waals surface area contributed by atoms with Crippen molar-refractivity contribution in [2.45, 2.75) is 139 Å². The normalized spacial score (nSPS) is 12.4. The van der Waals surface area contributed by atoms with Gasteiger partial charge >= 0.3 is 0 Å². The number of phenolic OH excluding ortho intramolecular Hbond substituents is 1. The molecular weight excluding hydrogens is 779 g/mol. The van der Waals surface area contributed by atoms with Crippen LogP contribution in [0.1, 0.15) is 154 Å². The number of unbranched alkanes of at least 4 members (excludes halogenated alkanes) is 2. The first-order chi connectivity index (χ1) is 30.7. The van der Waals surface area contributed by atoms with Crippen LogP contribution in [0.15, 0.2) is 72.8 Å². The van der Waals surface area contributed by atoms with Gasteiger partial charge in [0.05, 0.1) is 26.4 Å². The summed E-state index contributed by atoms with van der Waals surface area (Å²) < 4.78 is 27.3. The first kappa shape index (κ1) is 47.5. The molecule has 5 aromatic carbocycles. The molecule has 0 saturated heterocycles. The van der Waals surface area contributed by atoms with Crippen LogP contribution >= 0.6 is 0 Å². The summed E-state index contributed by atoms with van der Waals surface area (Å²) in [5.41, 5.74) is 14.8. The van der Waals surface area contributed by atoms with Crippen molar-refractivity contribution in [1.82, 2.24) is 4.90 Å². The Morgan fingerprint density at radius 1 is 0.444 bits per heavy atom. The quantitative estimate of drug-likeness (QED) is 0.0778. The SMILES string of the molecule is CCCCN(CCCC)Cc1cc2c(OCCC)c(c1)Cc1cc(-c3cc(C)cc(C)c3)cc(c1OCCC)Cc1cc(O)cc(c1OCCC)Cc1cccc(c1OCCC)C2. The van der Waals surface area contributed by atoms with Gasteiger partial charge in [0.2, 0.25) is 0 Å². The molecule has 0 amide bonds. The molecule has 1 aliphatic rings. The lowest BCUT2D eigenvalue weighted by molar-refractivity contribution is 0.256. The monoisotopic (exact) mass is 854 g/mol.